The van der Waals surface area contributed by atoms with Crippen molar-refractivity contribution in [2.45, 2.75) is 46.7 Å². The second-order valence-corrected chi connectivity index (χ2v) is 10.7. The molecule has 1 aliphatic rings. The summed E-state index contributed by atoms with van der Waals surface area (Å²) in [7, 11) is 0. The Morgan fingerprint density at radius 2 is 1.63 bits per heavy atom. The average Bonchev–Trinajstić information content (AvgIpc) is 3.31. The normalized spacial score (nSPS) is 17.7. The Hall–Kier alpha value is -2.96. The number of benzene rings is 2. The minimum absolute atomic E-state index is 0.0381. The van der Waals surface area contributed by atoms with E-state index in [1.807, 2.05) is 18.3 Å². The summed E-state index contributed by atoms with van der Waals surface area (Å²) in [6, 6.07) is 21.4. The van der Waals surface area contributed by atoms with E-state index in [4.69, 9.17) is 17.2 Å². The van der Waals surface area contributed by atoms with E-state index in [1.54, 1.807) is 0 Å². The Morgan fingerprint density at radius 3 is 2.29 bits per heavy atom. The molecule has 5 rings (SSSR count). The highest BCUT2D eigenvalue weighted by atomic mass is 79.9. The second-order valence-electron chi connectivity index (χ2n) is 9.44. The Labute approximate surface area is 221 Å². The van der Waals surface area contributed by atoms with Gasteiger partial charge in [-0.2, -0.15) is 0 Å². The van der Waals surface area contributed by atoms with Crippen LogP contribution >= 0.6 is 28.1 Å². The zero-order valence-corrected chi connectivity index (χ0v) is 23.0. The molecule has 6 heteroatoms. The standard InChI is InChI=1S/C29H29BrN4S/c1-17-12-18(2)14-23(13-17)33-20(4)16-24(21(33)5)28-27(26-8-6-7-11-31-26)32-29(35)34(28)22-9-10-25(30)19(3)15-22/h6-16,27-28H,1-5H3,(H,32,35)/t27-,28-/m0/s1. The van der Waals surface area contributed by atoms with E-state index in [0.29, 0.717) is 5.11 Å². The molecule has 2 aromatic carbocycles. The molecule has 4 nitrogen and oxygen atoms in total. The fourth-order valence-electron chi connectivity index (χ4n) is 5.29. The molecule has 1 fully saturated rings. The first kappa shape index (κ1) is 23.8. The largest absolute Gasteiger partial charge is 0.351 e. The van der Waals surface area contributed by atoms with Crippen LogP contribution in [0, 0.1) is 34.6 Å². The number of anilines is 1. The molecule has 0 aliphatic carbocycles. The summed E-state index contributed by atoms with van der Waals surface area (Å²) >= 11 is 9.58. The molecule has 0 saturated carbocycles. The molecule has 0 bridgehead atoms. The van der Waals surface area contributed by atoms with Crippen LogP contribution in [0.25, 0.3) is 5.69 Å². The SMILES string of the molecule is Cc1cc(C)cc(-n2c(C)cc([C@H]3[C@H](c4ccccn4)NC(=S)N3c3ccc(Br)c(C)c3)c2C)c1. The van der Waals surface area contributed by atoms with Gasteiger partial charge in [-0.25, -0.2) is 0 Å². The summed E-state index contributed by atoms with van der Waals surface area (Å²) in [6.07, 6.45) is 1.85. The minimum Gasteiger partial charge on any atom is -0.351 e. The Morgan fingerprint density at radius 1 is 0.886 bits per heavy atom. The van der Waals surface area contributed by atoms with Gasteiger partial charge in [0.15, 0.2) is 5.11 Å². The molecule has 3 heterocycles. The smallest absolute Gasteiger partial charge is 0.174 e. The summed E-state index contributed by atoms with van der Waals surface area (Å²) in [5, 5.41) is 4.30. The summed E-state index contributed by atoms with van der Waals surface area (Å²) in [4.78, 5) is 6.96. The van der Waals surface area contributed by atoms with Gasteiger partial charge < -0.3 is 14.8 Å². The number of nitrogens with one attached hydrogen (secondary N) is 1. The monoisotopic (exact) mass is 544 g/mol. The van der Waals surface area contributed by atoms with Crippen molar-refractivity contribution in [3.05, 3.63) is 111 Å². The maximum absolute atomic E-state index is 5.93. The fraction of sp³-hybridized carbons (Fsp3) is 0.241. The number of hydrogen-bond donors (Lipinski definition) is 1. The van der Waals surface area contributed by atoms with Crippen molar-refractivity contribution < 1.29 is 0 Å². The van der Waals surface area contributed by atoms with Gasteiger partial charge in [0.1, 0.15) is 0 Å². The maximum atomic E-state index is 5.93. The van der Waals surface area contributed by atoms with Crippen molar-refractivity contribution in [2.24, 2.45) is 0 Å². The number of hydrogen-bond acceptors (Lipinski definition) is 2. The van der Waals surface area contributed by atoms with Crippen molar-refractivity contribution in [3.8, 4) is 5.69 Å². The van der Waals surface area contributed by atoms with Gasteiger partial charge >= 0.3 is 0 Å². The summed E-state index contributed by atoms with van der Waals surface area (Å²) in [5.41, 5.74) is 10.6. The Balaban J connectivity index is 1.70. The van der Waals surface area contributed by atoms with Gasteiger partial charge in [0.05, 0.1) is 17.8 Å². The van der Waals surface area contributed by atoms with Crippen LogP contribution in [0.4, 0.5) is 5.69 Å². The number of aromatic nitrogens is 2. The topological polar surface area (TPSA) is 33.1 Å². The zero-order valence-electron chi connectivity index (χ0n) is 20.6. The number of pyridine rings is 1. The number of nitrogens with zero attached hydrogens (tertiary/aromatic N) is 3. The summed E-state index contributed by atoms with van der Waals surface area (Å²) in [6.45, 7) is 10.8. The Bertz CT molecular complexity index is 1410. The molecule has 1 N–H and O–H groups in total. The third kappa shape index (κ3) is 4.30. The van der Waals surface area contributed by atoms with Crippen LogP contribution in [0.3, 0.4) is 0 Å². The molecule has 1 aliphatic heterocycles. The van der Waals surface area contributed by atoms with Crippen molar-refractivity contribution in [2.75, 3.05) is 4.90 Å². The van der Waals surface area contributed by atoms with Gasteiger partial charge in [-0.15, -0.1) is 0 Å². The number of thiocarbonyl (C=S) groups is 1. The van der Waals surface area contributed by atoms with E-state index >= 15 is 0 Å². The van der Waals surface area contributed by atoms with E-state index in [-0.39, 0.29) is 12.1 Å². The Kier molecular flexibility index (Phi) is 6.28. The predicted molar refractivity (Wildman–Crippen MR) is 152 cm³/mol. The lowest BCUT2D eigenvalue weighted by atomic mass is 9.96. The van der Waals surface area contributed by atoms with Crippen molar-refractivity contribution in [1.82, 2.24) is 14.9 Å². The van der Waals surface area contributed by atoms with Crippen LogP contribution in [-0.2, 0) is 0 Å². The van der Waals surface area contributed by atoms with Crippen molar-refractivity contribution >= 4 is 38.9 Å². The van der Waals surface area contributed by atoms with E-state index < -0.39 is 0 Å². The van der Waals surface area contributed by atoms with Crippen LogP contribution in [0.5, 0.6) is 0 Å². The third-order valence-electron chi connectivity index (χ3n) is 6.77. The second kappa shape index (κ2) is 9.25. The molecule has 4 aromatic rings. The van der Waals surface area contributed by atoms with Crippen LogP contribution in [-0.4, -0.2) is 14.7 Å². The molecule has 0 unspecified atom stereocenters. The van der Waals surface area contributed by atoms with Crippen molar-refractivity contribution in [1.29, 1.82) is 0 Å². The molecular weight excluding hydrogens is 516 g/mol. The highest BCUT2D eigenvalue weighted by molar-refractivity contribution is 9.10. The van der Waals surface area contributed by atoms with Crippen LogP contribution in [0.1, 0.15) is 51.4 Å². The lowest BCUT2D eigenvalue weighted by Gasteiger charge is -2.28. The molecule has 2 atom stereocenters. The number of aryl methyl sites for hydroxylation is 4. The summed E-state index contributed by atoms with van der Waals surface area (Å²) < 4.78 is 3.45. The first-order valence-corrected chi connectivity index (χ1v) is 13.0. The number of rotatable bonds is 4. The lowest BCUT2D eigenvalue weighted by Crippen LogP contribution is -2.29. The maximum Gasteiger partial charge on any atom is 0.174 e. The minimum atomic E-state index is -0.0687. The molecule has 178 valence electrons. The summed E-state index contributed by atoms with van der Waals surface area (Å²) in [5.74, 6) is 0. The molecular formula is C29H29BrN4S. The zero-order chi connectivity index (χ0) is 24.9. The average molecular weight is 546 g/mol. The fourth-order valence-corrected chi connectivity index (χ4v) is 5.88. The van der Waals surface area contributed by atoms with Gasteiger partial charge in [-0.3, -0.25) is 4.98 Å². The highest BCUT2D eigenvalue weighted by Crippen LogP contribution is 2.44. The molecule has 0 amide bonds. The highest BCUT2D eigenvalue weighted by Gasteiger charge is 2.42. The van der Waals surface area contributed by atoms with Crippen molar-refractivity contribution in [3.63, 3.8) is 0 Å². The third-order valence-corrected chi connectivity index (χ3v) is 7.98. The molecule has 1 saturated heterocycles. The van der Waals surface area contributed by atoms with Crippen LogP contribution < -0.4 is 10.2 Å². The van der Waals surface area contributed by atoms with Gasteiger partial charge in [-0.05, 0) is 118 Å². The first-order valence-electron chi connectivity index (χ1n) is 11.8. The van der Waals surface area contributed by atoms with E-state index in [1.165, 1.54) is 39.3 Å². The van der Waals surface area contributed by atoms with Gasteiger partial charge in [0, 0.05) is 33.4 Å². The first-order chi connectivity index (χ1) is 16.7. The molecule has 0 radical (unpaired) electrons. The predicted octanol–water partition coefficient (Wildman–Crippen LogP) is 7.35. The van der Waals surface area contributed by atoms with Gasteiger partial charge in [0.25, 0.3) is 0 Å². The van der Waals surface area contributed by atoms with Gasteiger partial charge in [-0.1, -0.05) is 28.1 Å². The molecule has 35 heavy (non-hydrogen) atoms. The van der Waals surface area contributed by atoms with E-state index in [2.05, 4.69) is 114 Å². The molecule has 2 aromatic heterocycles. The van der Waals surface area contributed by atoms with Crippen LogP contribution in [0.15, 0.2) is 71.3 Å². The quantitative estimate of drug-likeness (QED) is 0.272. The molecule has 0 spiro atoms. The lowest BCUT2D eigenvalue weighted by molar-refractivity contribution is 0.565. The van der Waals surface area contributed by atoms with E-state index in [9.17, 15) is 0 Å². The van der Waals surface area contributed by atoms with Gasteiger partial charge in [0.2, 0.25) is 0 Å². The van der Waals surface area contributed by atoms with Crippen LogP contribution in [0.2, 0.25) is 0 Å². The van der Waals surface area contributed by atoms with E-state index in [0.717, 1.165) is 15.9 Å². The number of halogens is 1.